The molecule has 1 aliphatic rings. The van der Waals surface area contributed by atoms with E-state index in [1.807, 2.05) is 6.92 Å². The molecule has 2 amide bonds. The predicted molar refractivity (Wildman–Crippen MR) is 61.5 cm³/mol. The summed E-state index contributed by atoms with van der Waals surface area (Å²) in [5.74, 6) is 2.47. The Morgan fingerprint density at radius 1 is 1.50 bits per heavy atom. The fraction of sp³-hybridized carbons (Fsp3) is 0.667. The lowest BCUT2D eigenvalue weighted by Gasteiger charge is -2.37. The molecule has 4 heteroatoms. The highest BCUT2D eigenvalue weighted by Gasteiger charge is 2.36. The van der Waals surface area contributed by atoms with Crippen LogP contribution in [0.1, 0.15) is 33.1 Å². The van der Waals surface area contributed by atoms with Crippen molar-refractivity contribution in [1.82, 2.24) is 10.2 Å². The summed E-state index contributed by atoms with van der Waals surface area (Å²) >= 11 is 0. The number of amides is 2. The van der Waals surface area contributed by atoms with Gasteiger partial charge in [0.05, 0.1) is 0 Å². The quantitative estimate of drug-likeness (QED) is 0.557. The van der Waals surface area contributed by atoms with Gasteiger partial charge in [0, 0.05) is 13.0 Å². The molecule has 2 unspecified atom stereocenters. The van der Waals surface area contributed by atoms with Crippen molar-refractivity contribution in [3.63, 3.8) is 0 Å². The maximum atomic E-state index is 11.9. The monoisotopic (exact) mass is 222 g/mol. The van der Waals surface area contributed by atoms with Gasteiger partial charge < -0.3 is 10.2 Å². The third kappa shape index (κ3) is 2.54. The average Bonchev–Trinajstić information content (AvgIpc) is 2.25. The van der Waals surface area contributed by atoms with Gasteiger partial charge in [0.15, 0.2) is 0 Å². The van der Waals surface area contributed by atoms with Crippen LogP contribution < -0.4 is 5.32 Å². The minimum absolute atomic E-state index is 0.0107. The van der Waals surface area contributed by atoms with Crippen molar-refractivity contribution in [1.29, 1.82) is 0 Å². The van der Waals surface area contributed by atoms with Crippen molar-refractivity contribution in [2.75, 3.05) is 6.54 Å². The zero-order valence-corrected chi connectivity index (χ0v) is 9.82. The second-order valence-electron chi connectivity index (χ2n) is 3.99. The first kappa shape index (κ1) is 12.6. The molecule has 16 heavy (non-hydrogen) atoms. The van der Waals surface area contributed by atoms with Crippen LogP contribution in [0.5, 0.6) is 0 Å². The number of hydrogen-bond acceptors (Lipinski definition) is 2. The molecule has 1 heterocycles. The van der Waals surface area contributed by atoms with Gasteiger partial charge in [0.2, 0.25) is 11.8 Å². The molecule has 0 bridgehead atoms. The molecule has 1 rings (SSSR count). The lowest BCUT2D eigenvalue weighted by molar-refractivity contribution is -0.148. The number of unbranched alkanes of at least 4 members (excludes halogenated alkanes) is 1. The van der Waals surface area contributed by atoms with E-state index >= 15 is 0 Å². The third-order valence-corrected chi connectivity index (χ3v) is 2.80. The summed E-state index contributed by atoms with van der Waals surface area (Å²) in [4.78, 5) is 25.2. The third-order valence-electron chi connectivity index (χ3n) is 2.80. The summed E-state index contributed by atoms with van der Waals surface area (Å²) in [7, 11) is 0. The van der Waals surface area contributed by atoms with Crippen LogP contribution in [0.15, 0.2) is 0 Å². The molecule has 0 spiro atoms. The Labute approximate surface area is 96.4 Å². The lowest BCUT2D eigenvalue weighted by atomic mass is 10.1. The number of hydrogen-bond donors (Lipinski definition) is 1. The highest BCUT2D eigenvalue weighted by atomic mass is 16.2. The van der Waals surface area contributed by atoms with E-state index in [1.165, 1.54) is 0 Å². The van der Waals surface area contributed by atoms with E-state index in [-0.39, 0.29) is 17.9 Å². The first-order chi connectivity index (χ1) is 7.61. The molecule has 1 saturated heterocycles. The van der Waals surface area contributed by atoms with Gasteiger partial charge in [-0.2, -0.15) is 0 Å². The van der Waals surface area contributed by atoms with Crippen LogP contribution in [0.3, 0.4) is 0 Å². The number of carbonyl (C=O) groups is 2. The molecule has 0 saturated carbocycles. The van der Waals surface area contributed by atoms with Crippen LogP contribution in [0, 0.1) is 12.3 Å². The van der Waals surface area contributed by atoms with Crippen LogP contribution in [0.2, 0.25) is 0 Å². The van der Waals surface area contributed by atoms with E-state index < -0.39 is 6.04 Å². The van der Waals surface area contributed by atoms with Crippen molar-refractivity contribution in [3.8, 4) is 12.3 Å². The summed E-state index contributed by atoms with van der Waals surface area (Å²) < 4.78 is 0. The molecule has 88 valence electrons. The Balaban J connectivity index is 2.70. The molecule has 0 aromatic rings. The van der Waals surface area contributed by atoms with Gasteiger partial charge in [-0.1, -0.05) is 6.92 Å². The molecular weight excluding hydrogens is 204 g/mol. The van der Waals surface area contributed by atoms with Gasteiger partial charge in [0.1, 0.15) is 12.1 Å². The highest BCUT2D eigenvalue weighted by Crippen LogP contribution is 2.13. The van der Waals surface area contributed by atoms with Crippen LogP contribution in [0.4, 0.5) is 0 Å². The number of nitrogens with one attached hydrogen (secondary N) is 1. The molecule has 1 N–H and O–H groups in total. The highest BCUT2D eigenvalue weighted by molar-refractivity contribution is 5.96. The fourth-order valence-corrected chi connectivity index (χ4v) is 1.94. The zero-order valence-electron chi connectivity index (χ0n) is 9.82. The van der Waals surface area contributed by atoms with Crippen molar-refractivity contribution in [2.24, 2.45) is 0 Å². The molecule has 1 fully saturated rings. The zero-order chi connectivity index (χ0) is 12.1. The van der Waals surface area contributed by atoms with Gasteiger partial charge in [-0.05, 0) is 19.8 Å². The average molecular weight is 222 g/mol. The first-order valence-corrected chi connectivity index (χ1v) is 5.66. The Kier molecular flexibility index (Phi) is 4.36. The van der Waals surface area contributed by atoms with Gasteiger partial charge in [-0.3, -0.25) is 9.59 Å². The minimum atomic E-state index is -0.416. The molecule has 0 radical (unpaired) electrons. The summed E-state index contributed by atoms with van der Waals surface area (Å²) in [6.45, 7) is 4.18. The van der Waals surface area contributed by atoms with Gasteiger partial charge in [-0.15, -0.1) is 12.3 Å². The Morgan fingerprint density at radius 2 is 2.19 bits per heavy atom. The number of piperazine rings is 1. The van der Waals surface area contributed by atoms with Gasteiger partial charge in [0.25, 0.3) is 0 Å². The maximum Gasteiger partial charge on any atom is 0.245 e. The second kappa shape index (κ2) is 5.55. The number of terminal acetylenes is 1. The van der Waals surface area contributed by atoms with Crippen LogP contribution in [0.25, 0.3) is 0 Å². The molecule has 1 aliphatic heterocycles. The number of carbonyl (C=O) groups excluding carboxylic acids is 2. The van der Waals surface area contributed by atoms with Crippen LogP contribution >= 0.6 is 0 Å². The maximum absolute atomic E-state index is 11.9. The SMILES string of the molecule is C#CCCCN1C(=O)C(C)NC(=O)C1CC. The summed E-state index contributed by atoms with van der Waals surface area (Å²) in [6.07, 6.45) is 7.19. The van der Waals surface area contributed by atoms with Crippen LogP contribution in [-0.4, -0.2) is 35.3 Å². The lowest BCUT2D eigenvalue weighted by Crippen LogP contribution is -2.62. The standard InChI is InChI=1S/C12H18N2O2/c1-4-6-7-8-14-10(5-2)11(15)13-9(3)12(14)16/h1,9-10H,5-8H2,2-3H3,(H,13,15). The smallest absolute Gasteiger partial charge is 0.245 e. The Bertz CT molecular complexity index is 319. The van der Waals surface area contributed by atoms with E-state index in [1.54, 1.807) is 11.8 Å². The van der Waals surface area contributed by atoms with E-state index in [4.69, 9.17) is 6.42 Å². The summed E-state index contributed by atoms with van der Waals surface area (Å²) in [6, 6.07) is -0.748. The Morgan fingerprint density at radius 3 is 2.75 bits per heavy atom. The second-order valence-corrected chi connectivity index (χ2v) is 3.99. The molecule has 0 aliphatic carbocycles. The molecular formula is C12H18N2O2. The molecule has 0 aromatic heterocycles. The van der Waals surface area contributed by atoms with Gasteiger partial charge >= 0.3 is 0 Å². The minimum Gasteiger partial charge on any atom is -0.343 e. The van der Waals surface area contributed by atoms with Crippen molar-refractivity contribution >= 4 is 11.8 Å². The molecule has 2 atom stereocenters. The molecule has 4 nitrogen and oxygen atoms in total. The largest absolute Gasteiger partial charge is 0.343 e. The van der Waals surface area contributed by atoms with E-state index in [0.29, 0.717) is 19.4 Å². The summed E-state index contributed by atoms with van der Waals surface area (Å²) in [5.41, 5.74) is 0. The topological polar surface area (TPSA) is 49.4 Å². The van der Waals surface area contributed by atoms with E-state index in [9.17, 15) is 9.59 Å². The fourth-order valence-electron chi connectivity index (χ4n) is 1.94. The van der Waals surface area contributed by atoms with E-state index in [0.717, 1.165) is 6.42 Å². The number of rotatable bonds is 4. The predicted octanol–water partition coefficient (Wildman–Crippen LogP) is 0.525. The molecule has 0 aromatic carbocycles. The van der Waals surface area contributed by atoms with Gasteiger partial charge in [-0.25, -0.2) is 0 Å². The summed E-state index contributed by atoms with van der Waals surface area (Å²) in [5, 5.41) is 2.68. The van der Waals surface area contributed by atoms with Crippen LogP contribution in [-0.2, 0) is 9.59 Å². The van der Waals surface area contributed by atoms with Crippen molar-refractivity contribution < 1.29 is 9.59 Å². The first-order valence-electron chi connectivity index (χ1n) is 5.66. The van der Waals surface area contributed by atoms with Crippen molar-refractivity contribution in [2.45, 2.75) is 45.2 Å². The van der Waals surface area contributed by atoms with Crippen molar-refractivity contribution in [3.05, 3.63) is 0 Å². The number of nitrogens with zero attached hydrogens (tertiary/aromatic N) is 1. The normalized spacial score (nSPS) is 25.2. The van der Waals surface area contributed by atoms with E-state index in [2.05, 4.69) is 11.2 Å². The Hall–Kier alpha value is -1.50.